The zero-order valence-corrected chi connectivity index (χ0v) is 13.0. The Morgan fingerprint density at radius 3 is 2.80 bits per heavy atom. The molecule has 20 heavy (non-hydrogen) atoms. The van der Waals surface area contributed by atoms with Gasteiger partial charge in [-0.2, -0.15) is 0 Å². The minimum Gasteiger partial charge on any atom is -0.323 e. The molecule has 0 unspecified atom stereocenters. The highest BCUT2D eigenvalue weighted by atomic mass is 35.5. The normalized spacial score (nSPS) is 11.4. The molecule has 0 radical (unpaired) electrons. The summed E-state index contributed by atoms with van der Waals surface area (Å²) in [5.41, 5.74) is 2.05. The van der Waals surface area contributed by atoms with E-state index in [0.717, 1.165) is 47.8 Å². The maximum absolute atomic E-state index is 6.09. The van der Waals surface area contributed by atoms with Crippen LogP contribution in [0.4, 0.5) is 0 Å². The van der Waals surface area contributed by atoms with Crippen LogP contribution in [-0.4, -0.2) is 15.6 Å². The molecule has 0 atom stereocenters. The number of benzene rings is 1. The Morgan fingerprint density at radius 2 is 2.15 bits per heavy atom. The molecule has 4 heteroatoms. The highest BCUT2D eigenvalue weighted by molar-refractivity contribution is 6.31. The van der Waals surface area contributed by atoms with E-state index in [9.17, 15) is 0 Å². The zero-order valence-electron chi connectivity index (χ0n) is 12.2. The molecule has 0 bridgehead atoms. The van der Waals surface area contributed by atoms with E-state index in [-0.39, 0.29) is 0 Å². The molecule has 2 rings (SSSR count). The van der Waals surface area contributed by atoms with E-state index < -0.39 is 0 Å². The smallest absolute Gasteiger partial charge is 0.124 e. The minimum absolute atomic E-state index is 0.538. The van der Waals surface area contributed by atoms with Crippen LogP contribution in [0.1, 0.15) is 32.5 Å². The third-order valence-corrected chi connectivity index (χ3v) is 3.87. The third-order valence-electron chi connectivity index (χ3n) is 3.64. The summed E-state index contributed by atoms with van der Waals surface area (Å²) in [6, 6.07) is 6.36. The van der Waals surface area contributed by atoms with E-state index in [0.29, 0.717) is 6.04 Å². The zero-order chi connectivity index (χ0) is 14.5. The summed E-state index contributed by atoms with van der Waals surface area (Å²) in [6.45, 7) is 9.75. The molecule has 2 aromatic rings. The van der Waals surface area contributed by atoms with Crippen LogP contribution in [0.25, 0.3) is 11.0 Å². The van der Waals surface area contributed by atoms with Crippen molar-refractivity contribution in [2.45, 2.75) is 45.8 Å². The van der Waals surface area contributed by atoms with Gasteiger partial charge in [0.2, 0.25) is 0 Å². The highest BCUT2D eigenvalue weighted by Gasteiger charge is 2.11. The van der Waals surface area contributed by atoms with E-state index in [1.54, 1.807) is 0 Å². The van der Waals surface area contributed by atoms with Crippen LogP contribution in [-0.2, 0) is 13.1 Å². The average molecular weight is 292 g/mol. The molecule has 1 N–H and O–H groups in total. The second-order valence-electron chi connectivity index (χ2n) is 4.95. The van der Waals surface area contributed by atoms with Crippen molar-refractivity contribution in [2.24, 2.45) is 0 Å². The number of hydrogen-bond acceptors (Lipinski definition) is 2. The maximum atomic E-state index is 6.09. The van der Waals surface area contributed by atoms with E-state index in [1.165, 1.54) is 0 Å². The van der Waals surface area contributed by atoms with Crippen LogP contribution in [0.3, 0.4) is 0 Å². The SMILES string of the molecule is C=CCn1c(CNC(CC)CC)nc2ccc(Cl)cc21. The van der Waals surface area contributed by atoms with Crippen molar-refractivity contribution in [2.75, 3.05) is 0 Å². The van der Waals surface area contributed by atoms with E-state index in [1.807, 2.05) is 24.3 Å². The fraction of sp³-hybridized carbons (Fsp3) is 0.438. The number of allylic oxidation sites excluding steroid dienone is 1. The Hall–Kier alpha value is -1.32. The third kappa shape index (κ3) is 3.22. The number of rotatable bonds is 7. The molecule has 0 aliphatic carbocycles. The standard InChI is InChI=1S/C16H22ClN3/c1-4-9-20-15-10-12(17)7-8-14(15)19-16(20)11-18-13(5-2)6-3/h4,7-8,10,13,18H,1,5-6,9,11H2,2-3H3. The number of nitrogens with zero attached hydrogens (tertiary/aromatic N) is 2. The predicted octanol–water partition coefficient (Wildman–Crippen LogP) is 4.15. The lowest BCUT2D eigenvalue weighted by Gasteiger charge is -2.15. The summed E-state index contributed by atoms with van der Waals surface area (Å²) in [4.78, 5) is 4.71. The van der Waals surface area contributed by atoms with Crippen molar-refractivity contribution in [3.05, 3.63) is 41.7 Å². The molecule has 0 fully saturated rings. The van der Waals surface area contributed by atoms with Crippen molar-refractivity contribution in [3.8, 4) is 0 Å². The Kier molecular flexibility index (Phi) is 5.21. The van der Waals surface area contributed by atoms with E-state index in [4.69, 9.17) is 16.6 Å². The lowest BCUT2D eigenvalue weighted by atomic mass is 10.2. The van der Waals surface area contributed by atoms with Gasteiger partial charge in [-0.05, 0) is 31.0 Å². The largest absolute Gasteiger partial charge is 0.323 e. The number of nitrogens with one attached hydrogen (secondary N) is 1. The lowest BCUT2D eigenvalue weighted by molar-refractivity contribution is 0.471. The van der Waals surface area contributed by atoms with Crippen LogP contribution in [0.2, 0.25) is 5.02 Å². The first kappa shape index (κ1) is 15.1. The van der Waals surface area contributed by atoms with Gasteiger partial charge in [0.05, 0.1) is 17.6 Å². The van der Waals surface area contributed by atoms with Gasteiger partial charge < -0.3 is 9.88 Å². The monoisotopic (exact) mass is 291 g/mol. The summed E-state index contributed by atoms with van der Waals surface area (Å²) in [5.74, 6) is 1.04. The molecule has 3 nitrogen and oxygen atoms in total. The van der Waals surface area contributed by atoms with Crippen molar-refractivity contribution < 1.29 is 0 Å². The molecule has 1 heterocycles. The minimum atomic E-state index is 0.538. The Morgan fingerprint density at radius 1 is 1.40 bits per heavy atom. The summed E-state index contributed by atoms with van der Waals surface area (Å²) in [7, 11) is 0. The first-order chi connectivity index (χ1) is 9.69. The van der Waals surface area contributed by atoms with Crippen LogP contribution >= 0.6 is 11.6 Å². The number of imidazole rings is 1. The molecule has 0 spiro atoms. The first-order valence-electron chi connectivity index (χ1n) is 7.18. The molecule has 1 aromatic heterocycles. The number of hydrogen-bond donors (Lipinski definition) is 1. The second-order valence-corrected chi connectivity index (χ2v) is 5.39. The van der Waals surface area contributed by atoms with E-state index in [2.05, 4.69) is 30.3 Å². The topological polar surface area (TPSA) is 29.9 Å². The Balaban J connectivity index is 2.31. The number of halogens is 1. The first-order valence-corrected chi connectivity index (χ1v) is 7.56. The van der Waals surface area contributed by atoms with Gasteiger partial charge in [0.25, 0.3) is 0 Å². The van der Waals surface area contributed by atoms with Gasteiger partial charge in [-0.15, -0.1) is 6.58 Å². The van der Waals surface area contributed by atoms with Crippen LogP contribution < -0.4 is 5.32 Å². The average Bonchev–Trinajstić information content (AvgIpc) is 2.78. The van der Waals surface area contributed by atoms with Crippen LogP contribution in [0.15, 0.2) is 30.9 Å². The van der Waals surface area contributed by atoms with Gasteiger partial charge in [0, 0.05) is 17.6 Å². The van der Waals surface area contributed by atoms with Gasteiger partial charge in [0.15, 0.2) is 0 Å². The fourth-order valence-electron chi connectivity index (χ4n) is 2.43. The summed E-state index contributed by atoms with van der Waals surface area (Å²) < 4.78 is 2.17. The van der Waals surface area contributed by atoms with Gasteiger partial charge in [-0.3, -0.25) is 0 Å². The van der Waals surface area contributed by atoms with E-state index >= 15 is 0 Å². The van der Waals surface area contributed by atoms with Crippen molar-refractivity contribution in [3.63, 3.8) is 0 Å². The highest BCUT2D eigenvalue weighted by Crippen LogP contribution is 2.21. The molecule has 0 amide bonds. The van der Waals surface area contributed by atoms with Gasteiger partial charge in [0.1, 0.15) is 5.82 Å². The predicted molar refractivity (Wildman–Crippen MR) is 86.1 cm³/mol. The molecule has 108 valence electrons. The molecule has 0 saturated carbocycles. The van der Waals surface area contributed by atoms with Gasteiger partial charge >= 0.3 is 0 Å². The Bertz CT molecular complexity index is 585. The van der Waals surface area contributed by atoms with Gasteiger partial charge in [-0.25, -0.2) is 4.98 Å². The second kappa shape index (κ2) is 6.91. The molecule has 0 saturated heterocycles. The van der Waals surface area contributed by atoms with Crippen LogP contribution in [0.5, 0.6) is 0 Å². The van der Waals surface area contributed by atoms with Crippen molar-refractivity contribution >= 4 is 22.6 Å². The fourth-order valence-corrected chi connectivity index (χ4v) is 2.59. The number of aromatic nitrogens is 2. The van der Waals surface area contributed by atoms with Gasteiger partial charge in [-0.1, -0.05) is 31.5 Å². The quantitative estimate of drug-likeness (QED) is 0.777. The molecule has 1 aromatic carbocycles. The van der Waals surface area contributed by atoms with Crippen molar-refractivity contribution in [1.29, 1.82) is 0 Å². The number of fused-ring (bicyclic) bond motifs is 1. The lowest BCUT2D eigenvalue weighted by Crippen LogP contribution is -2.28. The summed E-state index contributed by atoms with van der Waals surface area (Å²) in [6.07, 6.45) is 4.15. The maximum Gasteiger partial charge on any atom is 0.124 e. The Labute approximate surface area is 125 Å². The summed E-state index contributed by atoms with van der Waals surface area (Å²) in [5, 5.41) is 4.30. The molecular weight excluding hydrogens is 270 g/mol. The molecular formula is C16H22ClN3. The summed E-state index contributed by atoms with van der Waals surface area (Å²) >= 11 is 6.09. The molecule has 0 aliphatic rings. The molecule has 0 aliphatic heterocycles. The van der Waals surface area contributed by atoms with Crippen molar-refractivity contribution in [1.82, 2.24) is 14.9 Å². The van der Waals surface area contributed by atoms with Crippen LogP contribution in [0, 0.1) is 0 Å².